The summed E-state index contributed by atoms with van der Waals surface area (Å²) in [5.74, 6) is -1.15. The highest BCUT2D eigenvalue weighted by Crippen LogP contribution is 2.20. The van der Waals surface area contributed by atoms with Crippen LogP contribution in [0.3, 0.4) is 0 Å². The molecule has 0 saturated heterocycles. The summed E-state index contributed by atoms with van der Waals surface area (Å²) < 4.78 is 13.7. The van der Waals surface area contributed by atoms with Gasteiger partial charge in [-0.15, -0.1) is 5.10 Å². The molecule has 106 valence electrons. The third-order valence-electron chi connectivity index (χ3n) is 2.86. The van der Waals surface area contributed by atoms with Crippen molar-refractivity contribution in [2.75, 3.05) is 6.67 Å². The number of hydrogen-bond donors (Lipinski definition) is 1. The number of benzene rings is 1. The number of alkyl halides is 1. The third kappa shape index (κ3) is 3.14. The van der Waals surface area contributed by atoms with Crippen LogP contribution >= 0.6 is 11.6 Å². The van der Waals surface area contributed by atoms with Crippen LogP contribution in [0.4, 0.5) is 4.39 Å². The van der Waals surface area contributed by atoms with Gasteiger partial charge in [0.2, 0.25) is 0 Å². The molecule has 0 aliphatic heterocycles. The van der Waals surface area contributed by atoms with Crippen LogP contribution < -0.4 is 0 Å². The van der Waals surface area contributed by atoms with E-state index in [1.54, 1.807) is 18.2 Å². The maximum absolute atomic E-state index is 12.3. The van der Waals surface area contributed by atoms with Crippen molar-refractivity contribution in [2.24, 2.45) is 0 Å². The number of nitrogens with zero attached hydrogens (tertiary/aromatic N) is 3. The number of halogens is 2. The molecule has 0 radical (unpaired) electrons. The van der Waals surface area contributed by atoms with E-state index < -0.39 is 12.6 Å². The van der Waals surface area contributed by atoms with Crippen LogP contribution in [0.15, 0.2) is 24.3 Å². The normalized spacial score (nSPS) is 10.7. The fraction of sp³-hybridized carbons (Fsp3) is 0.308. The third-order valence-corrected chi connectivity index (χ3v) is 3.23. The largest absolute Gasteiger partial charge is 0.476 e. The Morgan fingerprint density at radius 2 is 2.15 bits per heavy atom. The number of carboxylic acid groups (broad SMARTS) is 1. The average molecular weight is 298 g/mol. The van der Waals surface area contributed by atoms with E-state index in [2.05, 4.69) is 10.3 Å². The quantitative estimate of drug-likeness (QED) is 0.890. The highest BCUT2D eigenvalue weighted by Gasteiger charge is 2.19. The summed E-state index contributed by atoms with van der Waals surface area (Å²) in [6, 6.07) is 7.15. The van der Waals surface area contributed by atoms with Gasteiger partial charge in [0.05, 0.1) is 12.4 Å². The number of aryl methyl sites for hydroxylation is 1. The number of hydrogen-bond acceptors (Lipinski definition) is 3. The first-order valence-electron chi connectivity index (χ1n) is 6.08. The second kappa shape index (κ2) is 6.47. The molecule has 20 heavy (non-hydrogen) atoms. The van der Waals surface area contributed by atoms with Crippen LogP contribution in [-0.4, -0.2) is 32.7 Å². The number of aromatic carboxylic acids is 1. The Hall–Kier alpha value is -1.95. The van der Waals surface area contributed by atoms with E-state index in [1.807, 2.05) is 6.07 Å². The highest BCUT2D eigenvalue weighted by molar-refractivity contribution is 6.31. The van der Waals surface area contributed by atoms with Gasteiger partial charge in [-0.1, -0.05) is 35.0 Å². The molecule has 2 aromatic rings. The zero-order valence-electron chi connectivity index (χ0n) is 10.6. The molecule has 1 aromatic heterocycles. The fourth-order valence-corrected chi connectivity index (χ4v) is 2.09. The highest BCUT2D eigenvalue weighted by atomic mass is 35.5. The molecule has 0 saturated carbocycles. The number of carbonyl (C=O) groups is 1. The lowest BCUT2D eigenvalue weighted by molar-refractivity contribution is 0.0689. The van der Waals surface area contributed by atoms with E-state index in [0.717, 1.165) is 5.56 Å². The molecule has 1 heterocycles. The lowest BCUT2D eigenvalue weighted by atomic mass is 10.1. The molecule has 0 unspecified atom stereocenters. The van der Waals surface area contributed by atoms with Crippen LogP contribution in [0, 0.1) is 0 Å². The van der Waals surface area contributed by atoms with Gasteiger partial charge in [-0.25, -0.2) is 9.48 Å². The first-order valence-corrected chi connectivity index (χ1v) is 6.46. The van der Waals surface area contributed by atoms with Gasteiger partial charge < -0.3 is 5.11 Å². The van der Waals surface area contributed by atoms with Crippen molar-refractivity contribution in [3.8, 4) is 0 Å². The van der Waals surface area contributed by atoms with Gasteiger partial charge in [0.15, 0.2) is 5.69 Å². The minimum Gasteiger partial charge on any atom is -0.476 e. The second-order valence-electron chi connectivity index (χ2n) is 4.22. The van der Waals surface area contributed by atoms with Crippen molar-refractivity contribution in [3.05, 3.63) is 46.2 Å². The monoisotopic (exact) mass is 297 g/mol. The Morgan fingerprint density at radius 1 is 1.40 bits per heavy atom. The van der Waals surface area contributed by atoms with Crippen molar-refractivity contribution < 1.29 is 14.3 Å². The first kappa shape index (κ1) is 14.5. The Labute approximate surface area is 120 Å². The smallest absolute Gasteiger partial charge is 0.358 e. The molecule has 0 spiro atoms. The molecule has 0 fully saturated rings. The summed E-state index contributed by atoms with van der Waals surface area (Å²) in [6.07, 6.45) is 0.554. The fourth-order valence-electron chi connectivity index (χ4n) is 1.89. The van der Waals surface area contributed by atoms with Crippen LogP contribution in [0.25, 0.3) is 0 Å². The molecule has 0 bridgehead atoms. The van der Waals surface area contributed by atoms with Crippen molar-refractivity contribution in [1.29, 1.82) is 0 Å². The van der Waals surface area contributed by atoms with E-state index >= 15 is 0 Å². The molecule has 0 aliphatic rings. The average Bonchev–Trinajstić information content (AvgIpc) is 2.82. The van der Waals surface area contributed by atoms with Crippen LogP contribution in [0.2, 0.25) is 5.02 Å². The van der Waals surface area contributed by atoms with Crippen molar-refractivity contribution in [2.45, 2.75) is 19.4 Å². The van der Waals surface area contributed by atoms with Crippen LogP contribution in [-0.2, 0) is 13.0 Å². The zero-order chi connectivity index (χ0) is 14.5. The Morgan fingerprint density at radius 3 is 2.80 bits per heavy atom. The summed E-state index contributed by atoms with van der Waals surface area (Å²) in [5, 5.41) is 17.1. The maximum Gasteiger partial charge on any atom is 0.358 e. The molecule has 1 N–H and O–H groups in total. The minimum absolute atomic E-state index is 0.122. The van der Waals surface area contributed by atoms with E-state index in [1.165, 1.54) is 4.68 Å². The van der Waals surface area contributed by atoms with Gasteiger partial charge in [-0.05, 0) is 18.1 Å². The summed E-state index contributed by atoms with van der Waals surface area (Å²) in [4.78, 5) is 11.2. The zero-order valence-corrected chi connectivity index (χ0v) is 11.3. The van der Waals surface area contributed by atoms with Gasteiger partial charge in [-0.3, -0.25) is 4.39 Å². The molecular formula is C13H13ClFN3O2. The SMILES string of the molecule is O=C(O)c1nnn(CCCF)c1Cc1ccccc1Cl. The lowest BCUT2D eigenvalue weighted by Crippen LogP contribution is -2.10. The molecule has 5 nitrogen and oxygen atoms in total. The number of carboxylic acids is 1. The minimum atomic E-state index is -1.15. The summed E-state index contributed by atoms with van der Waals surface area (Å²) in [5.41, 5.74) is 1.09. The predicted octanol–water partition coefficient (Wildman–Crippen LogP) is 2.58. The second-order valence-corrected chi connectivity index (χ2v) is 4.63. The van der Waals surface area contributed by atoms with E-state index in [0.29, 0.717) is 17.1 Å². The van der Waals surface area contributed by atoms with Crippen molar-refractivity contribution >= 4 is 17.6 Å². The van der Waals surface area contributed by atoms with Crippen molar-refractivity contribution in [1.82, 2.24) is 15.0 Å². The molecule has 1 aromatic carbocycles. The van der Waals surface area contributed by atoms with Gasteiger partial charge in [0.1, 0.15) is 0 Å². The Bertz CT molecular complexity index is 615. The lowest BCUT2D eigenvalue weighted by Gasteiger charge is -2.07. The molecule has 2 rings (SSSR count). The van der Waals surface area contributed by atoms with Gasteiger partial charge in [0, 0.05) is 18.0 Å². The van der Waals surface area contributed by atoms with E-state index in [4.69, 9.17) is 16.7 Å². The number of aromatic nitrogens is 3. The number of rotatable bonds is 6. The Balaban J connectivity index is 2.35. The first-order chi connectivity index (χ1) is 9.63. The molecular weight excluding hydrogens is 285 g/mol. The van der Waals surface area contributed by atoms with Gasteiger partial charge >= 0.3 is 5.97 Å². The van der Waals surface area contributed by atoms with E-state index in [-0.39, 0.29) is 18.7 Å². The predicted molar refractivity (Wildman–Crippen MR) is 71.8 cm³/mol. The molecule has 0 atom stereocenters. The summed E-state index contributed by atoms with van der Waals surface area (Å²) >= 11 is 6.07. The molecule has 7 heteroatoms. The molecule has 0 amide bonds. The van der Waals surface area contributed by atoms with Crippen LogP contribution in [0.5, 0.6) is 0 Å². The summed E-state index contributed by atoms with van der Waals surface area (Å²) in [6.45, 7) is -0.204. The van der Waals surface area contributed by atoms with Gasteiger partial charge in [0.25, 0.3) is 0 Å². The van der Waals surface area contributed by atoms with Crippen molar-refractivity contribution in [3.63, 3.8) is 0 Å². The van der Waals surface area contributed by atoms with E-state index in [9.17, 15) is 9.18 Å². The van der Waals surface area contributed by atoms with Crippen LogP contribution in [0.1, 0.15) is 28.2 Å². The Kier molecular flexibility index (Phi) is 4.68. The molecule has 0 aliphatic carbocycles. The standard InChI is InChI=1S/C13H13ClFN3O2/c14-10-5-2-1-4-9(10)8-11-12(13(19)20)16-17-18(11)7-3-6-15/h1-2,4-5H,3,6-8H2,(H,19,20). The van der Waals surface area contributed by atoms with Gasteiger partial charge in [-0.2, -0.15) is 0 Å². The maximum atomic E-state index is 12.3. The topological polar surface area (TPSA) is 68.0 Å². The summed E-state index contributed by atoms with van der Waals surface area (Å²) in [7, 11) is 0.